The molecule has 0 saturated carbocycles. The molecule has 5 heteroatoms. The number of benzene rings is 2. The van der Waals surface area contributed by atoms with Crippen LogP contribution in [0.25, 0.3) is 0 Å². The van der Waals surface area contributed by atoms with Crippen molar-refractivity contribution in [3.8, 4) is 11.5 Å². The highest BCUT2D eigenvalue weighted by Crippen LogP contribution is 2.22. The maximum absolute atomic E-state index is 12.0. The molecule has 0 fully saturated rings. The van der Waals surface area contributed by atoms with E-state index in [1.165, 1.54) is 19.1 Å². The summed E-state index contributed by atoms with van der Waals surface area (Å²) in [4.78, 5) is 23.4. The van der Waals surface area contributed by atoms with Crippen LogP contribution in [0, 0.1) is 0 Å². The summed E-state index contributed by atoms with van der Waals surface area (Å²) in [6.07, 6.45) is 0.209. The Hall–Kier alpha value is -2.82. The van der Waals surface area contributed by atoms with Crippen LogP contribution in [0.3, 0.4) is 0 Å². The third-order valence-electron chi connectivity index (χ3n) is 3.18. The summed E-state index contributed by atoms with van der Waals surface area (Å²) in [7, 11) is 1.58. The second-order valence-electron chi connectivity index (χ2n) is 4.86. The Bertz CT molecular complexity index is 692. The number of ether oxygens (including phenoxy) is 1. The molecule has 2 rings (SSSR count). The second-order valence-corrected chi connectivity index (χ2v) is 4.86. The van der Waals surface area contributed by atoms with Crippen molar-refractivity contribution < 1.29 is 19.4 Å². The first-order chi connectivity index (χ1) is 10.5. The molecule has 0 aromatic heterocycles. The number of nitrogens with one attached hydrogen (secondary N) is 1. The first-order valence-corrected chi connectivity index (χ1v) is 6.76. The number of Topliss-reactive ketones (excluding diaryl/α,β-unsaturated/α-hetero) is 1. The van der Waals surface area contributed by atoms with Gasteiger partial charge in [-0.2, -0.15) is 0 Å². The molecule has 1 amide bonds. The molecule has 0 heterocycles. The molecule has 5 nitrogen and oxygen atoms in total. The van der Waals surface area contributed by atoms with E-state index in [2.05, 4.69) is 5.32 Å². The Balaban J connectivity index is 2.05. The van der Waals surface area contributed by atoms with Crippen LogP contribution in [0.5, 0.6) is 11.5 Å². The number of amides is 1. The summed E-state index contributed by atoms with van der Waals surface area (Å²) in [5, 5.41) is 12.3. The predicted molar refractivity (Wildman–Crippen MR) is 83.4 cm³/mol. The highest BCUT2D eigenvalue weighted by Gasteiger charge is 2.10. The minimum Gasteiger partial charge on any atom is -0.507 e. The lowest BCUT2D eigenvalue weighted by atomic mass is 10.1. The number of carbonyl (C=O) groups is 2. The fourth-order valence-corrected chi connectivity index (χ4v) is 2.03. The normalized spacial score (nSPS) is 10.1. The fourth-order valence-electron chi connectivity index (χ4n) is 2.03. The van der Waals surface area contributed by atoms with Crippen molar-refractivity contribution in [3.05, 3.63) is 53.6 Å². The van der Waals surface area contributed by atoms with Crippen molar-refractivity contribution >= 4 is 17.4 Å². The lowest BCUT2D eigenvalue weighted by Crippen LogP contribution is -2.14. The van der Waals surface area contributed by atoms with E-state index in [1.54, 1.807) is 25.3 Å². The zero-order chi connectivity index (χ0) is 16.1. The van der Waals surface area contributed by atoms with Gasteiger partial charge in [0.25, 0.3) is 0 Å². The van der Waals surface area contributed by atoms with Gasteiger partial charge in [0.15, 0.2) is 5.78 Å². The minimum absolute atomic E-state index is 0.0966. The number of hydrogen-bond acceptors (Lipinski definition) is 4. The Morgan fingerprint density at radius 3 is 2.41 bits per heavy atom. The van der Waals surface area contributed by atoms with E-state index in [-0.39, 0.29) is 29.4 Å². The topological polar surface area (TPSA) is 75.6 Å². The molecule has 0 aliphatic heterocycles. The first-order valence-electron chi connectivity index (χ1n) is 6.76. The zero-order valence-electron chi connectivity index (χ0n) is 12.4. The summed E-state index contributed by atoms with van der Waals surface area (Å²) in [5.74, 6) is 0.170. The number of phenolic OH excluding ortho intramolecular Hbond substituents is 1. The number of carbonyl (C=O) groups excluding carboxylic acids is 2. The third-order valence-corrected chi connectivity index (χ3v) is 3.18. The van der Waals surface area contributed by atoms with Crippen molar-refractivity contribution in [2.45, 2.75) is 13.3 Å². The van der Waals surface area contributed by atoms with E-state index in [0.717, 1.165) is 11.3 Å². The highest BCUT2D eigenvalue weighted by molar-refractivity contribution is 5.99. The van der Waals surface area contributed by atoms with Crippen LogP contribution < -0.4 is 10.1 Å². The van der Waals surface area contributed by atoms with Crippen LogP contribution in [-0.4, -0.2) is 23.9 Å². The van der Waals surface area contributed by atoms with Gasteiger partial charge in [-0.25, -0.2) is 0 Å². The Kier molecular flexibility index (Phi) is 4.78. The molecule has 0 radical (unpaired) electrons. The van der Waals surface area contributed by atoms with E-state index in [4.69, 9.17) is 4.74 Å². The lowest BCUT2D eigenvalue weighted by molar-refractivity contribution is -0.115. The largest absolute Gasteiger partial charge is 0.507 e. The number of hydrogen-bond donors (Lipinski definition) is 2. The summed E-state index contributed by atoms with van der Waals surface area (Å²) < 4.78 is 5.06. The van der Waals surface area contributed by atoms with Crippen molar-refractivity contribution in [1.82, 2.24) is 0 Å². The Labute approximate surface area is 128 Å². The molecular weight excluding hydrogens is 282 g/mol. The van der Waals surface area contributed by atoms with Crippen LogP contribution in [0.1, 0.15) is 22.8 Å². The molecule has 0 unspecified atom stereocenters. The molecule has 0 spiro atoms. The van der Waals surface area contributed by atoms with Gasteiger partial charge in [0, 0.05) is 5.69 Å². The van der Waals surface area contributed by atoms with Crippen molar-refractivity contribution in [1.29, 1.82) is 0 Å². The summed E-state index contributed by atoms with van der Waals surface area (Å²) >= 11 is 0. The smallest absolute Gasteiger partial charge is 0.228 e. The highest BCUT2D eigenvalue weighted by atomic mass is 16.5. The third kappa shape index (κ3) is 3.85. The fraction of sp³-hybridized carbons (Fsp3) is 0.176. The SMILES string of the molecule is COc1ccc(CC(=O)Nc2ccc(O)c(C(C)=O)c2)cc1. The summed E-state index contributed by atoms with van der Waals surface area (Å²) in [5.41, 5.74) is 1.51. The molecule has 0 aliphatic carbocycles. The zero-order valence-corrected chi connectivity index (χ0v) is 12.4. The monoisotopic (exact) mass is 299 g/mol. The number of phenols is 1. The van der Waals surface area contributed by atoms with Crippen LogP contribution in [0.15, 0.2) is 42.5 Å². The van der Waals surface area contributed by atoms with E-state index >= 15 is 0 Å². The molecule has 114 valence electrons. The molecule has 2 N–H and O–H groups in total. The van der Waals surface area contributed by atoms with E-state index in [0.29, 0.717) is 5.69 Å². The molecule has 2 aromatic carbocycles. The van der Waals surface area contributed by atoms with Gasteiger partial charge in [0.1, 0.15) is 11.5 Å². The number of methoxy groups -OCH3 is 1. The number of ketones is 1. The molecule has 0 atom stereocenters. The van der Waals surface area contributed by atoms with Crippen molar-refractivity contribution in [2.75, 3.05) is 12.4 Å². The minimum atomic E-state index is -0.260. The molecule has 2 aromatic rings. The number of rotatable bonds is 5. The van der Waals surface area contributed by atoms with Crippen molar-refractivity contribution in [3.63, 3.8) is 0 Å². The predicted octanol–water partition coefficient (Wildman–Crippen LogP) is 2.78. The summed E-state index contributed by atoms with van der Waals surface area (Å²) in [6.45, 7) is 1.36. The standard InChI is InChI=1S/C17H17NO4/c1-11(19)15-10-13(5-8-16(15)20)18-17(21)9-12-3-6-14(22-2)7-4-12/h3-8,10,20H,9H2,1-2H3,(H,18,21). The summed E-state index contributed by atoms with van der Waals surface area (Å²) in [6, 6.07) is 11.6. The maximum Gasteiger partial charge on any atom is 0.228 e. The first kappa shape index (κ1) is 15.6. The molecule has 0 bridgehead atoms. The molecule has 22 heavy (non-hydrogen) atoms. The lowest BCUT2D eigenvalue weighted by Gasteiger charge is -2.08. The van der Waals surface area contributed by atoms with Gasteiger partial charge in [-0.3, -0.25) is 9.59 Å². The van der Waals surface area contributed by atoms with Gasteiger partial charge in [-0.05, 0) is 42.8 Å². The van der Waals surface area contributed by atoms with Gasteiger partial charge < -0.3 is 15.2 Å². The quantitative estimate of drug-likeness (QED) is 0.657. The Morgan fingerprint density at radius 2 is 1.82 bits per heavy atom. The van der Waals surface area contributed by atoms with E-state index in [9.17, 15) is 14.7 Å². The van der Waals surface area contributed by atoms with Gasteiger partial charge in [0.2, 0.25) is 5.91 Å². The van der Waals surface area contributed by atoms with Crippen LogP contribution in [-0.2, 0) is 11.2 Å². The van der Waals surface area contributed by atoms with Crippen LogP contribution >= 0.6 is 0 Å². The van der Waals surface area contributed by atoms with Crippen LogP contribution in [0.2, 0.25) is 0 Å². The van der Waals surface area contributed by atoms with E-state index in [1.807, 2.05) is 12.1 Å². The van der Waals surface area contributed by atoms with Crippen molar-refractivity contribution in [2.24, 2.45) is 0 Å². The number of anilines is 1. The second kappa shape index (κ2) is 6.76. The van der Waals surface area contributed by atoms with Gasteiger partial charge in [0.05, 0.1) is 19.1 Å². The van der Waals surface area contributed by atoms with E-state index < -0.39 is 0 Å². The van der Waals surface area contributed by atoms with Crippen LogP contribution in [0.4, 0.5) is 5.69 Å². The molecule has 0 saturated heterocycles. The van der Waals surface area contributed by atoms with Gasteiger partial charge in [-0.15, -0.1) is 0 Å². The molecule has 0 aliphatic rings. The number of aromatic hydroxyl groups is 1. The van der Waals surface area contributed by atoms with Gasteiger partial charge in [-0.1, -0.05) is 12.1 Å². The van der Waals surface area contributed by atoms with Gasteiger partial charge >= 0.3 is 0 Å². The average Bonchev–Trinajstić information content (AvgIpc) is 2.49. The average molecular weight is 299 g/mol. The molecular formula is C17H17NO4. The Morgan fingerprint density at radius 1 is 1.14 bits per heavy atom. The maximum atomic E-state index is 12.0.